The van der Waals surface area contributed by atoms with Crippen LogP contribution in [0.25, 0.3) is 0 Å². The van der Waals surface area contributed by atoms with Gasteiger partial charge >= 0.3 is 5.97 Å². The SMILES string of the molecule is COC(=O)c1nc2c(cc1Cl)SCC(=O)N2. The number of fused-ring (bicyclic) bond motifs is 1. The minimum absolute atomic E-state index is 0.00529. The number of hydrogen-bond acceptors (Lipinski definition) is 5. The van der Waals surface area contributed by atoms with E-state index in [4.69, 9.17) is 11.6 Å². The predicted octanol–water partition coefficient (Wildman–Crippen LogP) is 1.57. The number of esters is 1. The fraction of sp³-hybridized carbons (Fsp3) is 0.222. The lowest BCUT2D eigenvalue weighted by Gasteiger charge is -2.16. The molecule has 1 aromatic rings. The van der Waals surface area contributed by atoms with E-state index in [1.54, 1.807) is 6.07 Å². The van der Waals surface area contributed by atoms with E-state index in [1.807, 2.05) is 0 Å². The third-order valence-electron chi connectivity index (χ3n) is 1.94. The Morgan fingerprint density at radius 2 is 2.44 bits per heavy atom. The van der Waals surface area contributed by atoms with Crippen molar-refractivity contribution in [1.29, 1.82) is 0 Å². The highest BCUT2D eigenvalue weighted by molar-refractivity contribution is 8.00. The highest BCUT2D eigenvalue weighted by Gasteiger charge is 2.22. The minimum Gasteiger partial charge on any atom is -0.464 e. The topological polar surface area (TPSA) is 68.3 Å². The number of halogens is 1. The summed E-state index contributed by atoms with van der Waals surface area (Å²) in [5.41, 5.74) is 0.00529. The smallest absolute Gasteiger partial charge is 0.358 e. The van der Waals surface area contributed by atoms with Crippen LogP contribution in [0.15, 0.2) is 11.0 Å². The lowest BCUT2D eigenvalue weighted by molar-refractivity contribution is -0.113. The summed E-state index contributed by atoms with van der Waals surface area (Å²) in [6, 6.07) is 1.60. The second kappa shape index (κ2) is 4.31. The van der Waals surface area contributed by atoms with E-state index < -0.39 is 5.97 Å². The lowest BCUT2D eigenvalue weighted by atomic mass is 10.3. The highest BCUT2D eigenvalue weighted by Crippen LogP contribution is 2.33. The summed E-state index contributed by atoms with van der Waals surface area (Å²) in [6.45, 7) is 0. The van der Waals surface area contributed by atoms with Crippen molar-refractivity contribution in [1.82, 2.24) is 4.98 Å². The van der Waals surface area contributed by atoms with Gasteiger partial charge in [0.05, 0.1) is 22.8 Å². The summed E-state index contributed by atoms with van der Waals surface area (Å²) in [5, 5.41) is 2.79. The maximum Gasteiger partial charge on any atom is 0.358 e. The van der Waals surface area contributed by atoms with Gasteiger partial charge in [-0.2, -0.15) is 0 Å². The Bertz CT molecular complexity index is 478. The normalized spacial score (nSPS) is 14.0. The summed E-state index contributed by atoms with van der Waals surface area (Å²) in [6.07, 6.45) is 0. The van der Waals surface area contributed by atoms with Gasteiger partial charge < -0.3 is 10.1 Å². The Morgan fingerprint density at radius 1 is 1.69 bits per heavy atom. The maximum absolute atomic E-state index is 11.3. The van der Waals surface area contributed by atoms with E-state index in [0.717, 1.165) is 4.90 Å². The summed E-state index contributed by atoms with van der Waals surface area (Å²) in [7, 11) is 1.24. The number of carbonyl (C=O) groups is 2. The fourth-order valence-corrected chi connectivity index (χ4v) is 2.31. The van der Waals surface area contributed by atoms with Crippen LogP contribution in [-0.2, 0) is 9.53 Å². The van der Waals surface area contributed by atoms with Crippen molar-refractivity contribution in [2.75, 3.05) is 18.2 Å². The molecule has 0 aliphatic carbocycles. The van der Waals surface area contributed by atoms with Crippen molar-refractivity contribution in [2.45, 2.75) is 4.90 Å². The second-order valence-corrected chi connectivity index (χ2v) is 4.42. The van der Waals surface area contributed by atoms with E-state index in [1.165, 1.54) is 18.9 Å². The summed E-state index contributed by atoms with van der Waals surface area (Å²) >= 11 is 7.21. The van der Waals surface area contributed by atoms with Crippen LogP contribution in [0.4, 0.5) is 5.82 Å². The molecule has 0 saturated carbocycles. The van der Waals surface area contributed by atoms with Crippen molar-refractivity contribution in [3.05, 3.63) is 16.8 Å². The van der Waals surface area contributed by atoms with Crippen LogP contribution in [0.1, 0.15) is 10.5 Å². The number of hydrogen-bond donors (Lipinski definition) is 1. The molecule has 0 bridgehead atoms. The first kappa shape index (κ1) is 11.2. The molecule has 16 heavy (non-hydrogen) atoms. The third kappa shape index (κ3) is 1.98. The number of amides is 1. The summed E-state index contributed by atoms with van der Waals surface area (Å²) in [5.74, 6) is -0.102. The monoisotopic (exact) mass is 258 g/mol. The van der Waals surface area contributed by atoms with Crippen LogP contribution in [0.2, 0.25) is 5.02 Å². The number of thioether (sulfide) groups is 1. The first-order valence-electron chi connectivity index (χ1n) is 4.33. The second-order valence-electron chi connectivity index (χ2n) is 2.99. The molecule has 1 N–H and O–H groups in total. The van der Waals surface area contributed by atoms with Crippen LogP contribution < -0.4 is 5.32 Å². The first-order valence-corrected chi connectivity index (χ1v) is 5.69. The number of rotatable bonds is 1. The molecule has 7 heteroatoms. The molecule has 1 aromatic heterocycles. The quantitative estimate of drug-likeness (QED) is 0.775. The van der Waals surface area contributed by atoms with Gasteiger partial charge in [0.2, 0.25) is 5.91 Å². The standard InChI is InChI=1S/C9H7ClN2O3S/c1-15-9(14)7-4(10)2-5-8(12-7)11-6(13)3-16-5/h2H,3H2,1H3,(H,11,12,13). The number of pyridine rings is 1. The molecule has 0 aromatic carbocycles. The molecule has 0 unspecified atom stereocenters. The van der Waals surface area contributed by atoms with Crippen molar-refractivity contribution >= 4 is 41.1 Å². The van der Waals surface area contributed by atoms with E-state index in [-0.39, 0.29) is 16.6 Å². The van der Waals surface area contributed by atoms with Crippen LogP contribution in [0, 0.1) is 0 Å². The van der Waals surface area contributed by atoms with Crippen LogP contribution in [0.5, 0.6) is 0 Å². The van der Waals surface area contributed by atoms with Gasteiger partial charge in [0.1, 0.15) is 5.82 Å². The molecule has 2 rings (SSSR count). The van der Waals surface area contributed by atoms with Gasteiger partial charge in [-0.05, 0) is 6.07 Å². The largest absolute Gasteiger partial charge is 0.464 e. The highest BCUT2D eigenvalue weighted by atomic mass is 35.5. The molecule has 0 spiro atoms. The van der Waals surface area contributed by atoms with E-state index >= 15 is 0 Å². The zero-order chi connectivity index (χ0) is 11.7. The number of methoxy groups -OCH3 is 1. The van der Waals surface area contributed by atoms with Gasteiger partial charge in [-0.3, -0.25) is 4.79 Å². The van der Waals surface area contributed by atoms with Crippen molar-refractivity contribution in [3.63, 3.8) is 0 Å². The summed E-state index contributed by atoms with van der Waals surface area (Å²) in [4.78, 5) is 27.2. The van der Waals surface area contributed by atoms with Crippen LogP contribution >= 0.6 is 23.4 Å². The molecule has 2 heterocycles. The average Bonchev–Trinajstić information content (AvgIpc) is 2.28. The predicted molar refractivity (Wildman–Crippen MR) is 59.9 cm³/mol. The number of nitrogens with one attached hydrogen (secondary N) is 1. The Balaban J connectivity index is 2.46. The number of ether oxygens (including phenoxy) is 1. The maximum atomic E-state index is 11.3. The summed E-state index contributed by atoms with van der Waals surface area (Å²) < 4.78 is 4.53. The van der Waals surface area contributed by atoms with E-state index in [2.05, 4.69) is 15.0 Å². The van der Waals surface area contributed by atoms with Gasteiger partial charge in [0.25, 0.3) is 0 Å². The van der Waals surface area contributed by atoms with Gasteiger partial charge in [-0.1, -0.05) is 11.6 Å². The molecular weight excluding hydrogens is 252 g/mol. The van der Waals surface area contributed by atoms with E-state index in [0.29, 0.717) is 11.6 Å². The zero-order valence-electron chi connectivity index (χ0n) is 8.24. The minimum atomic E-state index is -0.627. The Morgan fingerprint density at radius 3 is 3.12 bits per heavy atom. The van der Waals surface area contributed by atoms with Gasteiger partial charge in [-0.25, -0.2) is 9.78 Å². The molecule has 1 amide bonds. The first-order chi connectivity index (χ1) is 7.61. The Kier molecular flexibility index (Phi) is 3.02. The molecule has 84 valence electrons. The number of aromatic nitrogens is 1. The van der Waals surface area contributed by atoms with E-state index in [9.17, 15) is 9.59 Å². The molecule has 5 nitrogen and oxygen atoms in total. The lowest BCUT2D eigenvalue weighted by Crippen LogP contribution is -2.21. The van der Waals surface area contributed by atoms with Gasteiger partial charge in [-0.15, -0.1) is 11.8 Å². The number of anilines is 1. The van der Waals surface area contributed by atoms with Gasteiger partial charge in [0, 0.05) is 0 Å². The molecule has 0 saturated heterocycles. The molecule has 0 fully saturated rings. The van der Waals surface area contributed by atoms with Gasteiger partial charge in [0.15, 0.2) is 5.69 Å². The zero-order valence-corrected chi connectivity index (χ0v) is 9.82. The average molecular weight is 259 g/mol. The Hall–Kier alpha value is -1.27. The van der Waals surface area contributed by atoms with Crippen molar-refractivity contribution in [2.24, 2.45) is 0 Å². The van der Waals surface area contributed by atoms with Crippen LogP contribution in [-0.4, -0.2) is 29.7 Å². The third-order valence-corrected chi connectivity index (χ3v) is 3.25. The fourth-order valence-electron chi connectivity index (χ4n) is 1.22. The molecular formula is C9H7ClN2O3S. The number of carbonyl (C=O) groups excluding carboxylic acids is 2. The molecule has 1 aliphatic heterocycles. The van der Waals surface area contributed by atoms with Crippen molar-refractivity contribution < 1.29 is 14.3 Å². The van der Waals surface area contributed by atoms with Crippen molar-refractivity contribution in [3.8, 4) is 0 Å². The molecule has 1 aliphatic rings. The van der Waals surface area contributed by atoms with Crippen LogP contribution in [0.3, 0.4) is 0 Å². The molecule has 0 atom stereocenters. The molecule has 0 radical (unpaired) electrons. The number of nitrogens with zero attached hydrogens (tertiary/aromatic N) is 1. The Labute approximate surface area is 101 Å².